The Labute approximate surface area is 105 Å². The minimum Gasteiger partial charge on any atom is -0.392 e. The van der Waals surface area contributed by atoms with Crippen molar-refractivity contribution in [1.82, 2.24) is 0 Å². The summed E-state index contributed by atoms with van der Waals surface area (Å²) in [6, 6.07) is 6.93. The average Bonchev–Trinajstić information content (AvgIpc) is 2.95. The summed E-state index contributed by atoms with van der Waals surface area (Å²) in [6.07, 6.45) is 2.64. The Bertz CT molecular complexity index is 472. The fraction of sp³-hybridized carbons (Fsp3) is 0.429. The zero-order valence-electron chi connectivity index (χ0n) is 10.0. The quantitative estimate of drug-likeness (QED) is 0.803. The molecule has 2 unspecified atom stereocenters. The van der Waals surface area contributed by atoms with Crippen LogP contribution in [0.2, 0.25) is 0 Å². The first-order valence-electron chi connectivity index (χ1n) is 6.30. The Morgan fingerprint density at radius 3 is 2.11 bits per heavy atom. The number of benzene rings is 1. The maximum atomic E-state index is 12.2. The van der Waals surface area contributed by atoms with Crippen LogP contribution in [0.15, 0.2) is 24.3 Å². The first-order chi connectivity index (χ1) is 8.72. The molecule has 1 saturated carbocycles. The van der Waals surface area contributed by atoms with E-state index in [1.54, 1.807) is 24.3 Å². The second kappa shape index (κ2) is 4.21. The largest absolute Gasteiger partial charge is 0.392 e. The minimum atomic E-state index is -0.102. The van der Waals surface area contributed by atoms with Crippen LogP contribution in [0.4, 0.5) is 5.69 Å². The molecule has 0 radical (unpaired) electrons. The third kappa shape index (κ3) is 1.56. The molecule has 2 fully saturated rings. The van der Waals surface area contributed by atoms with E-state index in [1.165, 1.54) is 4.90 Å². The van der Waals surface area contributed by atoms with Crippen molar-refractivity contribution in [1.29, 1.82) is 0 Å². The molecule has 4 heteroatoms. The highest BCUT2D eigenvalue weighted by Gasteiger charge is 2.50. The van der Waals surface area contributed by atoms with Gasteiger partial charge in [-0.2, -0.15) is 0 Å². The second-order valence-electron chi connectivity index (χ2n) is 4.98. The molecule has 0 spiro atoms. The van der Waals surface area contributed by atoms with Gasteiger partial charge in [-0.3, -0.25) is 14.5 Å². The van der Waals surface area contributed by atoms with E-state index in [4.69, 9.17) is 5.11 Å². The molecular weight excluding hydrogens is 230 g/mol. The molecule has 94 valence electrons. The van der Waals surface area contributed by atoms with Gasteiger partial charge in [-0.05, 0) is 30.5 Å². The van der Waals surface area contributed by atoms with Gasteiger partial charge >= 0.3 is 0 Å². The standard InChI is InChI=1S/C14H15NO3/c16-8-9-4-6-10(7-5-9)15-13(17)11-2-1-3-12(11)14(15)18/h4-7,11-12,16H,1-3,8H2. The summed E-state index contributed by atoms with van der Waals surface area (Å²) in [5, 5.41) is 8.98. The molecule has 2 aliphatic rings. The lowest BCUT2D eigenvalue weighted by molar-refractivity contribution is -0.122. The van der Waals surface area contributed by atoms with Gasteiger partial charge in [0.25, 0.3) is 0 Å². The number of carbonyl (C=O) groups is 2. The van der Waals surface area contributed by atoms with Crippen molar-refractivity contribution in [2.24, 2.45) is 11.8 Å². The number of anilines is 1. The number of hydrogen-bond donors (Lipinski definition) is 1. The lowest BCUT2D eigenvalue weighted by atomic mass is 10.00. The number of fused-ring (bicyclic) bond motifs is 1. The normalized spacial score (nSPS) is 26.8. The molecule has 18 heavy (non-hydrogen) atoms. The van der Waals surface area contributed by atoms with E-state index >= 15 is 0 Å². The molecule has 1 aromatic rings. The van der Waals surface area contributed by atoms with Crippen molar-refractivity contribution in [3.63, 3.8) is 0 Å². The van der Waals surface area contributed by atoms with Crippen LogP contribution in [0.3, 0.4) is 0 Å². The highest BCUT2D eigenvalue weighted by molar-refractivity contribution is 6.22. The summed E-state index contributed by atoms with van der Waals surface area (Å²) in [5.74, 6) is -0.316. The highest BCUT2D eigenvalue weighted by Crippen LogP contribution is 2.41. The monoisotopic (exact) mass is 245 g/mol. The number of rotatable bonds is 2. The predicted molar refractivity (Wildman–Crippen MR) is 65.7 cm³/mol. The van der Waals surface area contributed by atoms with E-state index in [0.717, 1.165) is 24.8 Å². The highest BCUT2D eigenvalue weighted by atomic mass is 16.3. The van der Waals surface area contributed by atoms with Crippen LogP contribution >= 0.6 is 0 Å². The molecule has 1 aromatic carbocycles. The molecule has 1 aliphatic carbocycles. The molecular formula is C14H15NO3. The molecule has 1 heterocycles. The van der Waals surface area contributed by atoms with Crippen molar-refractivity contribution in [3.05, 3.63) is 29.8 Å². The van der Waals surface area contributed by atoms with Crippen LogP contribution in [0.1, 0.15) is 24.8 Å². The van der Waals surface area contributed by atoms with Crippen LogP contribution in [0.25, 0.3) is 0 Å². The van der Waals surface area contributed by atoms with Crippen molar-refractivity contribution >= 4 is 17.5 Å². The number of aliphatic hydroxyl groups is 1. The Morgan fingerprint density at radius 1 is 1.06 bits per heavy atom. The first-order valence-corrected chi connectivity index (χ1v) is 6.30. The van der Waals surface area contributed by atoms with Gasteiger partial charge in [0, 0.05) is 0 Å². The first kappa shape index (κ1) is 11.4. The predicted octanol–water partition coefficient (Wildman–Crippen LogP) is 1.47. The lowest BCUT2D eigenvalue weighted by Crippen LogP contribution is -2.31. The Balaban J connectivity index is 1.92. The zero-order valence-corrected chi connectivity index (χ0v) is 10.0. The van der Waals surface area contributed by atoms with Gasteiger partial charge in [0.15, 0.2) is 0 Å². The van der Waals surface area contributed by atoms with Crippen LogP contribution in [-0.2, 0) is 16.2 Å². The average molecular weight is 245 g/mol. The third-order valence-electron chi connectivity index (χ3n) is 3.97. The molecule has 2 amide bonds. The summed E-state index contributed by atoms with van der Waals surface area (Å²) in [7, 11) is 0. The fourth-order valence-electron chi connectivity index (χ4n) is 3.00. The van der Waals surface area contributed by atoms with Gasteiger partial charge in [-0.15, -0.1) is 0 Å². The van der Waals surface area contributed by atoms with Gasteiger partial charge in [0.05, 0.1) is 24.1 Å². The molecule has 3 rings (SSSR count). The van der Waals surface area contributed by atoms with Crippen molar-refractivity contribution in [2.75, 3.05) is 4.90 Å². The van der Waals surface area contributed by atoms with Crippen LogP contribution in [0.5, 0.6) is 0 Å². The van der Waals surface area contributed by atoms with Crippen molar-refractivity contribution in [2.45, 2.75) is 25.9 Å². The summed E-state index contributed by atoms with van der Waals surface area (Å²) >= 11 is 0. The van der Waals surface area contributed by atoms with Gasteiger partial charge < -0.3 is 5.11 Å². The van der Waals surface area contributed by atoms with Gasteiger partial charge in [-0.1, -0.05) is 18.6 Å². The van der Waals surface area contributed by atoms with Crippen molar-refractivity contribution in [3.8, 4) is 0 Å². The molecule has 2 atom stereocenters. The molecule has 1 saturated heterocycles. The summed E-state index contributed by atoms with van der Waals surface area (Å²) in [6.45, 7) is -0.0343. The smallest absolute Gasteiger partial charge is 0.237 e. The number of imide groups is 1. The zero-order chi connectivity index (χ0) is 12.7. The summed E-state index contributed by atoms with van der Waals surface area (Å²) in [4.78, 5) is 25.7. The Kier molecular flexibility index (Phi) is 2.67. The van der Waals surface area contributed by atoms with Gasteiger partial charge in [-0.25, -0.2) is 0 Å². The van der Waals surface area contributed by atoms with E-state index in [1.807, 2.05) is 0 Å². The number of amides is 2. The lowest BCUT2D eigenvalue weighted by Gasteiger charge is -2.16. The minimum absolute atomic E-state index is 0.0343. The number of carbonyl (C=O) groups excluding carboxylic acids is 2. The maximum absolute atomic E-state index is 12.2. The Hall–Kier alpha value is -1.68. The number of aliphatic hydroxyl groups excluding tert-OH is 1. The molecule has 0 bridgehead atoms. The van der Waals surface area contributed by atoms with E-state index in [9.17, 15) is 9.59 Å². The number of nitrogens with zero attached hydrogens (tertiary/aromatic N) is 1. The van der Waals surface area contributed by atoms with Gasteiger partial charge in [0.1, 0.15) is 0 Å². The van der Waals surface area contributed by atoms with E-state index < -0.39 is 0 Å². The Morgan fingerprint density at radius 2 is 1.61 bits per heavy atom. The summed E-state index contributed by atoms with van der Waals surface area (Å²) < 4.78 is 0. The molecule has 4 nitrogen and oxygen atoms in total. The van der Waals surface area contributed by atoms with E-state index in [0.29, 0.717) is 5.69 Å². The maximum Gasteiger partial charge on any atom is 0.237 e. The topological polar surface area (TPSA) is 57.6 Å². The van der Waals surface area contributed by atoms with Crippen LogP contribution in [0, 0.1) is 11.8 Å². The number of hydrogen-bond acceptors (Lipinski definition) is 3. The van der Waals surface area contributed by atoms with Crippen molar-refractivity contribution < 1.29 is 14.7 Å². The molecule has 0 aromatic heterocycles. The third-order valence-corrected chi connectivity index (χ3v) is 3.97. The van der Waals surface area contributed by atoms with Crippen LogP contribution in [-0.4, -0.2) is 16.9 Å². The molecule has 1 N–H and O–H groups in total. The van der Waals surface area contributed by atoms with Gasteiger partial charge in [0.2, 0.25) is 11.8 Å². The SMILES string of the molecule is O=C1C2CCCC2C(=O)N1c1ccc(CO)cc1. The van der Waals surface area contributed by atoms with E-state index in [2.05, 4.69) is 0 Å². The fourth-order valence-corrected chi connectivity index (χ4v) is 3.00. The van der Waals surface area contributed by atoms with E-state index in [-0.39, 0.29) is 30.3 Å². The summed E-state index contributed by atoms with van der Waals surface area (Å²) in [5.41, 5.74) is 1.40. The second-order valence-corrected chi connectivity index (χ2v) is 4.98. The molecule has 1 aliphatic heterocycles. The van der Waals surface area contributed by atoms with Crippen LogP contribution < -0.4 is 4.90 Å².